The Kier molecular flexibility index (Phi) is 5.95. The third-order valence-corrected chi connectivity index (χ3v) is 4.67. The molecule has 2 rings (SSSR count). The van der Waals surface area contributed by atoms with Gasteiger partial charge in [0.15, 0.2) is 0 Å². The molecule has 0 spiro atoms. The van der Waals surface area contributed by atoms with E-state index in [9.17, 15) is 8.42 Å². The van der Waals surface area contributed by atoms with Crippen LogP contribution in [0.5, 0.6) is 0 Å². The summed E-state index contributed by atoms with van der Waals surface area (Å²) >= 11 is 0. The third kappa shape index (κ3) is 4.20. The first-order chi connectivity index (χ1) is 11.0. The number of hydrogen-bond donors (Lipinski definition) is 1. The molecule has 23 heavy (non-hydrogen) atoms. The molecule has 0 aromatic heterocycles. The highest BCUT2D eigenvalue weighted by Crippen LogP contribution is 2.29. The minimum absolute atomic E-state index is 0.199. The van der Waals surface area contributed by atoms with Crippen LogP contribution in [0.2, 0.25) is 0 Å². The van der Waals surface area contributed by atoms with Gasteiger partial charge in [0.25, 0.3) is 10.0 Å². The second kappa shape index (κ2) is 7.74. The summed E-state index contributed by atoms with van der Waals surface area (Å²) in [5.74, 6) is 0. The van der Waals surface area contributed by atoms with E-state index in [1.807, 2.05) is 37.2 Å². The summed E-state index contributed by atoms with van der Waals surface area (Å²) in [4.78, 5) is 9.38. The van der Waals surface area contributed by atoms with Crippen LogP contribution in [0.1, 0.15) is 6.42 Å². The number of sulfonamides is 1. The fraction of sp³-hybridized carbons (Fsp3) is 0.375. The van der Waals surface area contributed by atoms with Crippen molar-refractivity contribution in [3.63, 3.8) is 0 Å². The molecule has 0 unspecified atom stereocenters. The number of methoxy groups -OCH3 is 1. The molecule has 7 heteroatoms. The number of anilines is 1. The maximum Gasteiger partial charge on any atom is 0.263 e. The van der Waals surface area contributed by atoms with E-state index in [4.69, 9.17) is 9.57 Å². The van der Waals surface area contributed by atoms with Crippen molar-refractivity contribution >= 4 is 26.5 Å². The van der Waals surface area contributed by atoms with Crippen molar-refractivity contribution < 1.29 is 18.0 Å². The predicted octanol–water partition coefficient (Wildman–Crippen LogP) is 2.15. The molecule has 0 radical (unpaired) electrons. The molecular formula is C16H22N2O4S. The van der Waals surface area contributed by atoms with Gasteiger partial charge in [0.05, 0.1) is 11.5 Å². The fourth-order valence-corrected chi connectivity index (χ4v) is 3.38. The average Bonchev–Trinajstić information content (AvgIpc) is 2.53. The Bertz CT molecular complexity index is 760. The number of ether oxygens (including phenoxy) is 1. The third-order valence-electron chi connectivity index (χ3n) is 3.39. The number of nitrogens with one attached hydrogen (secondary N) is 1. The van der Waals surface area contributed by atoms with Gasteiger partial charge in [-0.1, -0.05) is 29.2 Å². The quantitative estimate of drug-likeness (QED) is 0.590. The SMILES string of the molecule is COCCCONS(=O)(=O)c1cccc2c(N(C)C)cccc12. The van der Waals surface area contributed by atoms with Crippen LogP contribution >= 0.6 is 0 Å². The first-order valence-corrected chi connectivity index (χ1v) is 8.77. The zero-order chi connectivity index (χ0) is 16.9. The molecule has 0 saturated heterocycles. The summed E-state index contributed by atoms with van der Waals surface area (Å²) in [6, 6.07) is 10.8. The molecule has 0 saturated carbocycles. The first-order valence-electron chi connectivity index (χ1n) is 7.29. The van der Waals surface area contributed by atoms with Gasteiger partial charge >= 0.3 is 0 Å². The summed E-state index contributed by atoms with van der Waals surface area (Å²) in [7, 11) is 1.69. The van der Waals surface area contributed by atoms with Crippen molar-refractivity contribution in [2.24, 2.45) is 0 Å². The minimum atomic E-state index is -3.75. The highest BCUT2D eigenvalue weighted by Gasteiger charge is 2.18. The van der Waals surface area contributed by atoms with Gasteiger partial charge in [0.2, 0.25) is 0 Å². The molecule has 2 aromatic rings. The van der Waals surface area contributed by atoms with E-state index in [0.29, 0.717) is 18.4 Å². The topological polar surface area (TPSA) is 67.9 Å². The van der Waals surface area contributed by atoms with Gasteiger partial charge in [-0.2, -0.15) is 0 Å². The van der Waals surface area contributed by atoms with Crippen molar-refractivity contribution in [1.82, 2.24) is 4.89 Å². The summed E-state index contributed by atoms with van der Waals surface area (Å²) in [6.07, 6.45) is 0.610. The first kappa shape index (κ1) is 17.7. The maximum absolute atomic E-state index is 12.5. The van der Waals surface area contributed by atoms with Crippen LogP contribution in [0.3, 0.4) is 0 Å². The number of hydrogen-bond acceptors (Lipinski definition) is 5. The monoisotopic (exact) mass is 338 g/mol. The molecule has 6 nitrogen and oxygen atoms in total. The van der Waals surface area contributed by atoms with E-state index in [1.54, 1.807) is 25.3 Å². The van der Waals surface area contributed by atoms with Crippen LogP contribution in [-0.4, -0.2) is 42.8 Å². The lowest BCUT2D eigenvalue weighted by molar-refractivity contribution is 0.0719. The second-order valence-corrected chi connectivity index (χ2v) is 6.92. The van der Waals surface area contributed by atoms with Gasteiger partial charge in [-0.05, 0) is 18.6 Å². The fourth-order valence-electron chi connectivity index (χ4n) is 2.33. The lowest BCUT2D eigenvalue weighted by Crippen LogP contribution is -2.25. The maximum atomic E-state index is 12.5. The van der Waals surface area contributed by atoms with E-state index in [2.05, 4.69) is 4.89 Å². The molecule has 0 heterocycles. The Morgan fingerprint density at radius 2 is 1.74 bits per heavy atom. The van der Waals surface area contributed by atoms with Gasteiger partial charge in [-0.15, -0.1) is 0 Å². The summed E-state index contributed by atoms with van der Waals surface area (Å²) in [6.45, 7) is 0.767. The minimum Gasteiger partial charge on any atom is -0.385 e. The standard InChI is InChI=1S/C16H22N2O4S/c1-18(2)15-9-4-8-14-13(15)7-5-10-16(14)23(19,20)17-22-12-6-11-21-3/h4-5,7-10,17H,6,11-12H2,1-3H3. The van der Waals surface area contributed by atoms with Crippen LogP contribution in [0.4, 0.5) is 5.69 Å². The predicted molar refractivity (Wildman–Crippen MR) is 91.0 cm³/mol. The van der Waals surface area contributed by atoms with Gasteiger partial charge in [0, 0.05) is 44.3 Å². The molecule has 126 valence electrons. The van der Waals surface area contributed by atoms with Crippen LogP contribution in [0.25, 0.3) is 10.8 Å². The van der Waals surface area contributed by atoms with Crippen LogP contribution < -0.4 is 9.79 Å². The number of benzene rings is 2. The van der Waals surface area contributed by atoms with Crippen molar-refractivity contribution in [1.29, 1.82) is 0 Å². The van der Waals surface area contributed by atoms with Crippen molar-refractivity contribution in [2.45, 2.75) is 11.3 Å². The highest BCUT2D eigenvalue weighted by atomic mass is 32.2. The van der Waals surface area contributed by atoms with Crippen molar-refractivity contribution in [2.75, 3.05) is 39.3 Å². The molecular weight excluding hydrogens is 316 g/mol. The van der Waals surface area contributed by atoms with E-state index in [1.165, 1.54) is 0 Å². The van der Waals surface area contributed by atoms with Crippen molar-refractivity contribution in [3.05, 3.63) is 36.4 Å². The second-order valence-electron chi connectivity index (χ2n) is 5.30. The smallest absolute Gasteiger partial charge is 0.263 e. The Labute approximate surface area is 137 Å². The summed E-state index contributed by atoms with van der Waals surface area (Å²) in [5.41, 5.74) is 0.959. The molecule has 0 aliphatic rings. The van der Waals surface area contributed by atoms with E-state index >= 15 is 0 Å². The van der Waals surface area contributed by atoms with Crippen LogP contribution in [-0.2, 0) is 19.6 Å². The molecule has 1 N–H and O–H groups in total. The summed E-state index contributed by atoms with van der Waals surface area (Å²) in [5, 5.41) is 1.53. The Morgan fingerprint density at radius 1 is 1.04 bits per heavy atom. The zero-order valence-corrected chi connectivity index (χ0v) is 14.4. The Morgan fingerprint density at radius 3 is 2.43 bits per heavy atom. The lowest BCUT2D eigenvalue weighted by Gasteiger charge is -2.17. The normalized spacial score (nSPS) is 11.8. The van der Waals surface area contributed by atoms with Gasteiger partial charge in [-0.25, -0.2) is 8.42 Å². The zero-order valence-electron chi connectivity index (χ0n) is 13.6. The average molecular weight is 338 g/mol. The Hall–Kier alpha value is -1.67. The largest absolute Gasteiger partial charge is 0.385 e. The van der Waals surface area contributed by atoms with Crippen LogP contribution in [0, 0.1) is 0 Å². The molecule has 0 amide bonds. The van der Waals surface area contributed by atoms with E-state index in [-0.39, 0.29) is 11.5 Å². The van der Waals surface area contributed by atoms with Gasteiger partial charge in [-0.3, -0.25) is 4.84 Å². The molecule has 0 fully saturated rings. The number of fused-ring (bicyclic) bond motifs is 1. The van der Waals surface area contributed by atoms with Gasteiger partial charge < -0.3 is 9.64 Å². The Balaban J connectivity index is 2.30. The van der Waals surface area contributed by atoms with E-state index in [0.717, 1.165) is 11.1 Å². The molecule has 0 aliphatic carbocycles. The molecule has 2 aromatic carbocycles. The molecule has 0 atom stereocenters. The molecule has 0 aliphatic heterocycles. The number of nitrogens with zero attached hydrogens (tertiary/aromatic N) is 1. The van der Waals surface area contributed by atoms with E-state index < -0.39 is 10.0 Å². The number of rotatable bonds is 8. The van der Waals surface area contributed by atoms with Crippen LogP contribution in [0.15, 0.2) is 41.3 Å². The summed E-state index contributed by atoms with van der Waals surface area (Å²) < 4.78 is 29.8. The highest BCUT2D eigenvalue weighted by molar-refractivity contribution is 7.89. The van der Waals surface area contributed by atoms with Gasteiger partial charge in [0.1, 0.15) is 0 Å². The van der Waals surface area contributed by atoms with Crippen molar-refractivity contribution in [3.8, 4) is 0 Å². The molecule has 0 bridgehead atoms. The lowest BCUT2D eigenvalue weighted by atomic mass is 10.1.